The van der Waals surface area contributed by atoms with E-state index < -0.39 is 42.4 Å². The molecule has 0 spiro atoms. The first-order valence-corrected chi connectivity index (χ1v) is 13.0. The van der Waals surface area contributed by atoms with Crippen LogP contribution in [0.5, 0.6) is 0 Å². The van der Waals surface area contributed by atoms with Gasteiger partial charge < -0.3 is 24.8 Å². The number of carbonyl (C=O) groups is 1. The van der Waals surface area contributed by atoms with E-state index in [1.165, 1.54) is 6.08 Å². The van der Waals surface area contributed by atoms with Gasteiger partial charge in [0.05, 0.1) is 18.1 Å². The van der Waals surface area contributed by atoms with E-state index in [0.29, 0.717) is 19.3 Å². The number of hydrogen-bond donors (Lipinski definition) is 3. The molecule has 0 radical (unpaired) electrons. The summed E-state index contributed by atoms with van der Waals surface area (Å²) in [6.45, 7) is 13.7. The molecule has 1 fully saturated rings. The van der Waals surface area contributed by atoms with Crippen LogP contribution in [0.3, 0.4) is 0 Å². The fraction of sp³-hybridized carbons (Fsp3) is 0.567. The summed E-state index contributed by atoms with van der Waals surface area (Å²) < 4.78 is 12.0. The summed E-state index contributed by atoms with van der Waals surface area (Å²) in [6.07, 6.45) is 13.8. The van der Waals surface area contributed by atoms with Gasteiger partial charge in [-0.15, -0.1) is 0 Å². The van der Waals surface area contributed by atoms with Gasteiger partial charge in [0.2, 0.25) is 0 Å². The molecule has 0 aromatic carbocycles. The van der Waals surface area contributed by atoms with Gasteiger partial charge in [-0.3, -0.25) is 4.79 Å². The first-order chi connectivity index (χ1) is 17.1. The number of aliphatic hydroxyl groups is 3. The molecule has 2 aliphatic heterocycles. The summed E-state index contributed by atoms with van der Waals surface area (Å²) in [5.74, 6) is -1.18. The van der Waals surface area contributed by atoms with Crippen LogP contribution in [0.25, 0.3) is 0 Å². The largest absolute Gasteiger partial charge is 0.459 e. The molecule has 0 aromatic heterocycles. The number of cyclic esters (lactones) is 1. The van der Waals surface area contributed by atoms with Gasteiger partial charge >= 0.3 is 5.97 Å². The van der Waals surface area contributed by atoms with Gasteiger partial charge in [-0.05, 0) is 58.3 Å². The Kier molecular flexibility index (Phi) is 12.6. The number of carbonyl (C=O) groups excluding carboxylic acids is 1. The predicted octanol–water partition coefficient (Wildman–Crippen LogP) is 4.73. The molecule has 200 valence electrons. The number of esters is 1. The molecule has 2 bridgehead atoms. The standard InChI is InChI=1S/C30H44O6/c1-20(2)11-10-12-21(3)19-23(5)29-28(33)27-18-17-24(35-27)14-7-9-16-26(32)25(31)15-8-6-13-22(4)30(34)36-29/h6,8-10,12-13,15-16,22-29,31-33H,1,3,7,11,14,17-19H2,2,4-5H3/b12-10+,13-6-,15-8+,16-9+. The highest BCUT2D eigenvalue weighted by atomic mass is 16.6. The van der Waals surface area contributed by atoms with Crippen LogP contribution in [0.15, 0.2) is 72.9 Å². The van der Waals surface area contributed by atoms with Crippen LogP contribution in [0, 0.1) is 11.8 Å². The third kappa shape index (κ3) is 10.0. The number of aliphatic hydroxyl groups excluding tert-OH is 3. The highest BCUT2D eigenvalue weighted by molar-refractivity contribution is 5.74. The van der Waals surface area contributed by atoms with Crippen molar-refractivity contribution in [1.82, 2.24) is 0 Å². The number of ether oxygens (including phenoxy) is 2. The van der Waals surface area contributed by atoms with Crippen LogP contribution >= 0.6 is 0 Å². The van der Waals surface area contributed by atoms with Crippen LogP contribution < -0.4 is 0 Å². The second-order valence-electron chi connectivity index (χ2n) is 10.2. The second kappa shape index (κ2) is 15.1. The van der Waals surface area contributed by atoms with Crippen LogP contribution in [0.2, 0.25) is 0 Å². The normalized spacial score (nSPS) is 35.8. The lowest BCUT2D eigenvalue weighted by atomic mass is 9.89. The predicted molar refractivity (Wildman–Crippen MR) is 143 cm³/mol. The topological polar surface area (TPSA) is 96.2 Å². The van der Waals surface area contributed by atoms with E-state index in [1.807, 2.05) is 32.1 Å². The molecule has 0 saturated carbocycles. The van der Waals surface area contributed by atoms with E-state index in [9.17, 15) is 20.1 Å². The van der Waals surface area contributed by atoms with Gasteiger partial charge in [-0.2, -0.15) is 0 Å². The Bertz CT molecular complexity index is 854. The van der Waals surface area contributed by atoms with E-state index >= 15 is 0 Å². The van der Waals surface area contributed by atoms with Gasteiger partial charge in [0, 0.05) is 0 Å². The zero-order valence-corrected chi connectivity index (χ0v) is 22.0. The fourth-order valence-corrected chi connectivity index (χ4v) is 4.43. The summed E-state index contributed by atoms with van der Waals surface area (Å²) in [6, 6.07) is 0. The van der Waals surface area contributed by atoms with E-state index in [0.717, 1.165) is 30.4 Å². The van der Waals surface area contributed by atoms with Crippen molar-refractivity contribution in [3.05, 3.63) is 72.9 Å². The molecule has 36 heavy (non-hydrogen) atoms. The van der Waals surface area contributed by atoms with Gasteiger partial charge in [-0.1, -0.05) is 79.8 Å². The molecule has 6 nitrogen and oxygen atoms in total. The maximum Gasteiger partial charge on any atom is 0.312 e. The summed E-state index contributed by atoms with van der Waals surface area (Å²) in [5, 5.41) is 31.5. The molecule has 8 atom stereocenters. The molecule has 0 aliphatic carbocycles. The van der Waals surface area contributed by atoms with E-state index in [-0.39, 0.29) is 12.0 Å². The second-order valence-corrected chi connectivity index (χ2v) is 10.2. The van der Waals surface area contributed by atoms with Crippen molar-refractivity contribution in [2.24, 2.45) is 11.8 Å². The average Bonchev–Trinajstić information content (AvgIpc) is 3.30. The van der Waals surface area contributed by atoms with Gasteiger partial charge in [-0.25, -0.2) is 0 Å². The van der Waals surface area contributed by atoms with Crippen LogP contribution in [0.1, 0.15) is 59.3 Å². The van der Waals surface area contributed by atoms with E-state index in [4.69, 9.17) is 9.47 Å². The Morgan fingerprint density at radius 2 is 1.81 bits per heavy atom. The Balaban J connectivity index is 2.21. The Morgan fingerprint density at radius 1 is 1.11 bits per heavy atom. The van der Waals surface area contributed by atoms with E-state index in [1.54, 1.807) is 31.2 Å². The van der Waals surface area contributed by atoms with E-state index in [2.05, 4.69) is 13.2 Å². The Labute approximate surface area is 216 Å². The molecule has 2 aliphatic rings. The van der Waals surface area contributed by atoms with Crippen molar-refractivity contribution in [3.63, 3.8) is 0 Å². The quantitative estimate of drug-likeness (QED) is 0.277. The molecular formula is C30H44O6. The number of hydrogen-bond acceptors (Lipinski definition) is 6. The first kappa shape index (κ1) is 30.0. The van der Waals surface area contributed by atoms with Crippen molar-refractivity contribution >= 4 is 5.97 Å². The Morgan fingerprint density at radius 3 is 2.53 bits per heavy atom. The molecule has 3 N–H and O–H groups in total. The maximum atomic E-state index is 12.9. The molecule has 0 aromatic rings. The van der Waals surface area contributed by atoms with Crippen LogP contribution in [-0.2, 0) is 14.3 Å². The molecular weight excluding hydrogens is 456 g/mol. The highest BCUT2D eigenvalue weighted by Crippen LogP contribution is 2.31. The lowest BCUT2D eigenvalue weighted by Gasteiger charge is -2.32. The fourth-order valence-electron chi connectivity index (χ4n) is 4.43. The van der Waals surface area contributed by atoms with Gasteiger partial charge in [0.1, 0.15) is 24.4 Å². The Hall–Kier alpha value is -2.25. The van der Waals surface area contributed by atoms with Crippen LogP contribution in [-0.4, -0.2) is 57.9 Å². The lowest BCUT2D eigenvalue weighted by molar-refractivity contribution is -0.170. The zero-order valence-electron chi connectivity index (χ0n) is 22.0. The minimum absolute atomic E-state index is 0.0244. The molecule has 1 saturated heterocycles. The lowest BCUT2D eigenvalue weighted by Crippen LogP contribution is -2.44. The maximum absolute atomic E-state index is 12.9. The third-order valence-electron chi connectivity index (χ3n) is 6.60. The summed E-state index contributed by atoms with van der Waals surface area (Å²) in [4.78, 5) is 12.9. The van der Waals surface area contributed by atoms with Gasteiger partial charge in [0.15, 0.2) is 0 Å². The summed E-state index contributed by atoms with van der Waals surface area (Å²) >= 11 is 0. The van der Waals surface area contributed by atoms with Crippen molar-refractivity contribution in [2.75, 3.05) is 0 Å². The van der Waals surface area contributed by atoms with Crippen LogP contribution in [0.4, 0.5) is 0 Å². The SMILES string of the molecule is C=C(C)C/C=C/C(=C)CC(C)C1OC(=O)C(C)/C=C\C=C\C(O)C(O)/C=C/CCC2CCC(O2)C1O. The number of allylic oxidation sites excluding steroid dienone is 7. The third-order valence-corrected chi connectivity index (χ3v) is 6.60. The number of rotatable bonds is 6. The smallest absolute Gasteiger partial charge is 0.312 e. The average molecular weight is 501 g/mol. The van der Waals surface area contributed by atoms with Crippen molar-refractivity contribution in [3.8, 4) is 0 Å². The molecule has 2 rings (SSSR count). The van der Waals surface area contributed by atoms with Crippen molar-refractivity contribution < 1.29 is 29.6 Å². The molecule has 0 amide bonds. The zero-order chi connectivity index (χ0) is 26.7. The van der Waals surface area contributed by atoms with Gasteiger partial charge in [0.25, 0.3) is 0 Å². The minimum atomic E-state index is -1.04. The summed E-state index contributed by atoms with van der Waals surface area (Å²) in [7, 11) is 0. The number of fused-ring (bicyclic) bond motifs is 2. The monoisotopic (exact) mass is 500 g/mol. The molecule has 8 unspecified atom stereocenters. The van der Waals surface area contributed by atoms with Crippen molar-refractivity contribution in [2.45, 2.75) is 95.9 Å². The highest BCUT2D eigenvalue weighted by Gasteiger charge is 2.39. The summed E-state index contributed by atoms with van der Waals surface area (Å²) in [5.41, 5.74) is 1.95. The minimum Gasteiger partial charge on any atom is -0.459 e. The molecule has 6 heteroatoms. The first-order valence-electron chi connectivity index (χ1n) is 13.0. The van der Waals surface area contributed by atoms with Crippen molar-refractivity contribution in [1.29, 1.82) is 0 Å². The molecule has 2 heterocycles.